The fourth-order valence-electron chi connectivity index (χ4n) is 4.04. The number of para-hydroxylation sites is 2. The number of hydrogen-bond donors (Lipinski definition) is 0. The summed E-state index contributed by atoms with van der Waals surface area (Å²) in [6, 6.07) is 8.17. The van der Waals surface area contributed by atoms with E-state index in [0.717, 1.165) is 41.6 Å². The highest BCUT2D eigenvalue weighted by molar-refractivity contribution is 5.76. The molecule has 4 nitrogen and oxygen atoms in total. The van der Waals surface area contributed by atoms with Crippen molar-refractivity contribution in [1.29, 1.82) is 0 Å². The summed E-state index contributed by atoms with van der Waals surface area (Å²) in [5, 5.41) is 0. The summed E-state index contributed by atoms with van der Waals surface area (Å²) in [5.41, 5.74) is 3.06. The highest BCUT2D eigenvalue weighted by Crippen LogP contribution is 2.26. The Bertz CT molecular complexity index is 670. The van der Waals surface area contributed by atoms with Gasteiger partial charge in [-0.3, -0.25) is 0 Å². The van der Waals surface area contributed by atoms with Crippen LogP contribution in [0.3, 0.4) is 0 Å². The number of aryl methyl sites for hydroxylation is 1. The first kappa shape index (κ1) is 14.9. The van der Waals surface area contributed by atoms with Gasteiger partial charge in [-0.2, -0.15) is 0 Å². The average Bonchev–Trinajstić information content (AvgIpc) is 3.08. The van der Waals surface area contributed by atoms with Crippen LogP contribution in [0.2, 0.25) is 0 Å². The topological polar surface area (TPSA) is 32.3 Å². The number of anilines is 1. The van der Waals surface area contributed by atoms with Crippen molar-refractivity contribution in [3.63, 3.8) is 0 Å². The van der Waals surface area contributed by atoms with Crippen molar-refractivity contribution < 1.29 is 0 Å². The van der Waals surface area contributed by atoms with Crippen LogP contribution in [-0.2, 0) is 0 Å². The van der Waals surface area contributed by atoms with Gasteiger partial charge < -0.3 is 9.80 Å². The summed E-state index contributed by atoms with van der Waals surface area (Å²) in [7, 11) is 0. The molecule has 3 heterocycles. The molecule has 0 N–H and O–H groups in total. The van der Waals surface area contributed by atoms with Gasteiger partial charge in [-0.05, 0) is 63.7 Å². The van der Waals surface area contributed by atoms with Gasteiger partial charge in [0.15, 0.2) is 5.82 Å². The van der Waals surface area contributed by atoms with Crippen LogP contribution >= 0.6 is 0 Å². The third-order valence-electron chi connectivity index (χ3n) is 5.35. The number of nitrogens with zero attached hydrogens (tertiary/aromatic N) is 4. The predicted molar refractivity (Wildman–Crippen MR) is 94.9 cm³/mol. The minimum atomic E-state index is 0.859. The molecule has 23 heavy (non-hydrogen) atoms. The summed E-state index contributed by atoms with van der Waals surface area (Å²) in [4.78, 5) is 14.7. The number of piperidine rings is 1. The molecule has 0 saturated carbocycles. The second-order valence-electron chi connectivity index (χ2n) is 7.06. The van der Waals surface area contributed by atoms with E-state index >= 15 is 0 Å². The molecule has 2 saturated heterocycles. The molecule has 2 aliphatic heterocycles. The van der Waals surface area contributed by atoms with Gasteiger partial charge in [-0.1, -0.05) is 12.1 Å². The van der Waals surface area contributed by atoms with Gasteiger partial charge in [0, 0.05) is 19.6 Å². The van der Waals surface area contributed by atoms with Crippen molar-refractivity contribution in [1.82, 2.24) is 14.9 Å². The van der Waals surface area contributed by atoms with Crippen LogP contribution in [0.1, 0.15) is 31.4 Å². The molecule has 122 valence electrons. The lowest BCUT2D eigenvalue weighted by Gasteiger charge is -2.35. The fraction of sp³-hybridized carbons (Fsp3) is 0.579. The molecule has 4 rings (SSSR count). The molecule has 2 aromatic rings. The molecule has 0 atom stereocenters. The lowest BCUT2D eigenvalue weighted by Crippen LogP contribution is -2.38. The summed E-state index contributed by atoms with van der Waals surface area (Å²) >= 11 is 0. The molecule has 2 aliphatic rings. The van der Waals surface area contributed by atoms with Crippen molar-refractivity contribution in [2.75, 3.05) is 37.6 Å². The molecule has 0 spiro atoms. The van der Waals surface area contributed by atoms with Crippen molar-refractivity contribution in [3.05, 3.63) is 30.0 Å². The van der Waals surface area contributed by atoms with Crippen molar-refractivity contribution in [2.45, 2.75) is 32.6 Å². The minimum Gasteiger partial charge on any atom is -0.355 e. The summed E-state index contributed by atoms with van der Waals surface area (Å²) in [6.07, 6.45) is 5.35. The second-order valence-corrected chi connectivity index (χ2v) is 7.06. The van der Waals surface area contributed by atoms with Gasteiger partial charge in [0.05, 0.1) is 16.7 Å². The molecule has 1 aromatic carbocycles. The molecule has 0 amide bonds. The Hall–Kier alpha value is -1.68. The number of aromatic nitrogens is 2. The van der Waals surface area contributed by atoms with E-state index < -0.39 is 0 Å². The molecule has 0 radical (unpaired) electrons. The number of rotatable bonds is 3. The number of benzene rings is 1. The van der Waals surface area contributed by atoms with Crippen molar-refractivity contribution in [2.24, 2.45) is 5.92 Å². The van der Waals surface area contributed by atoms with Crippen LogP contribution < -0.4 is 4.90 Å². The zero-order valence-corrected chi connectivity index (χ0v) is 14.0. The maximum Gasteiger partial charge on any atom is 0.150 e. The van der Waals surface area contributed by atoms with E-state index in [-0.39, 0.29) is 0 Å². The summed E-state index contributed by atoms with van der Waals surface area (Å²) in [5.74, 6) is 1.95. The highest BCUT2D eigenvalue weighted by Gasteiger charge is 2.24. The lowest BCUT2D eigenvalue weighted by molar-refractivity contribution is 0.249. The minimum absolute atomic E-state index is 0.859. The van der Waals surface area contributed by atoms with E-state index in [1.165, 1.54) is 45.3 Å². The van der Waals surface area contributed by atoms with Gasteiger partial charge in [-0.25, -0.2) is 9.97 Å². The standard InChI is InChI=1S/C19H26N4/c1-15-19(21-18-7-3-2-6-17(18)20-15)23-12-8-16(9-13-23)14-22-10-4-5-11-22/h2-3,6-7,16H,4-5,8-14H2,1H3. The third-order valence-corrected chi connectivity index (χ3v) is 5.35. The van der Waals surface area contributed by atoms with Gasteiger partial charge in [-0.15, -0.1) is 0 Å². The van der Waals surface area contributed by atoms with Gasteiger partial charge in [0.1, 0.15) is 0 Å². The Kier molecular flexibility index (Phi) is 4.17. The smallest absolute Gasteiger partial charge is 0.150 e. The van der Waals surface area contributed by atoms with Crippen LogP contribution in [0.5, 0.6) is 0 Å². The van der Waals surface area contributed by atoms with E-state index in [2.05, 4.69) is 22.8 Å². The van der Waals surface area contributed by atoms with E-state index in [9.17, 15) is 0 Å². The molecular formula is C19H26N4. The fourth-order valence-corrected chi connectivity index (χ4v) is 4.04. The summed E-state index contributed by atoms with van der Waals surface area (Å²) in [6.45, 7) is 8.25. The van der Waals surface area contributed by atoms with Crippen molar-refractivity contribution >= 4 is 16.9 Å². The SMILES string of the molecule is Cc1nc2ccccc2nc1N1CCC(CN2CCCC2)CC1. The van der Waals surface area contributed by atoms with Crippen LogP contribution in [0.15, 0.2) is 24.3 Å². The van der Waals surface area contributed by atoms with Gasteiger partial charge >= 0.3 is 0 Å². The average molecular weight is 310 g/mol. The number of fused-ring (bicyclic) bond motifs is 1. The van der Waals surface area contributed by atoms with Crippen LogP contribution in [0, 0.1) is 12.8 Å². The van der Waals surface area contributed by atoms with Crippen LogP contribution in [-0.4, -0.2) is 47.6 Å². The van der Waals surface area contributed by atoms with Crippen molar-refractivity contribution in [3.8, 4) is 0 Å². The molecule has 2 fully saturated rings. The quantitative estimate of drug-likeness (QED) is 0.871. The molecular weight excluding hydrogens is 284 g/mol. The zero-order valence-electron chi connectivity index (χ0n) is 14.0. The Labute approximate surface area is 138 Å². The lowest BCUT2D eigenvalue weighted by atomic mass is 9.96. The van der Waals surface area contributed by atoms with E-state index in [4.69, 9.17) is 9.97 Å². The Balaban J connectivity index is 1.44. The molecule has 0 bridgehead atoms. The Morgan fingerprint density at radius 3 is 2.30 bits per heavy atom. The zero-order chi connectivity index (χ0) is 15.6. The van der Waals surface area contributed by atoms with E-state index in [1.807, 2.05) is 18.2 Å². The largest absolute Gasteiger partial charge is 0.355 e. The van der Waals surface area contributed by atoms with Crippen LogP contribution in [0.25, 0.3) is 11.0 Å². The molecule has 1 aromatic heterocycles. The maximum atomic E-state index is 4.88. The van der Waals surface area contributed by atoms with E-state index in [0.29, 0.717) is 0 Å². The first-order valence-corrected chi connectivity index (χ1v) is 9.00. The van der Waals surface area contributed by atoms with Gasteiger partial charge in [0.25, 0.3) is 0 Å². The monoisotopic (exact) mass is 310 g/mol. The van der Waals surface area contributed by atoms with E-state index in [1.54, 1.807) is 0 Å². The maximum absolute atomic E-state index is 4.88. The van der Waals surface area contributed by atoms with Crippen LogP contribution in [0.4, 0.5) is 5.82 Å². The highest BCUT2D eigenvalue weighted by atomic mass is 15.2. The normalized spacial score (nSPS) is 20.5. The Morgan fingerprint density at radius 1 is 0.957 bits per heavy atom. The second kappa shape index (κ2) is 6.44. The predicted octanol–water partition coefficient (Wildman–Crippen LogP) is 3.25. The molecule has 4 heteroatoms. The number of likely N-dealkylation sites (tertiary alicyclic amines) is 1. The Morgan fingerprint density at radius 2 is 1.61 bits per heavy atom. The first-order valence-electron chi connectivity index (χ1n) is 9.00. The number of hydrogen-bond acceptors (Lipinski definition) is 4. The molecule has 0 unspecified atom stereocenters. The third kappa shape index (κ3) is 3.18. The summed E-state index contributed by atoms with van der Waals surface area (Å²) < 4.78 is 0. The van der Waals surface area contributed by atoms with Gasteiger partial charge in [0.2, 0.25) is 0 Å². The first-order chi connectivity index (χ1) is 11.3. The molecule has 0 aliphatic carbocycles.